The van der Waals surface area contributed by atoms with Gasteiger partial charge in [0, 0.05) is 24.8 Å². The summed E-state index contributed by atoms with van der Waals surface area (Å²) in [6, 6.07) is 11.3. The van der Waals surface area contributed by atoms with Gasteiger partial charge in [-0.25, -0.2) is 8.78 Å². The van der Waals surface area contributed by atoms with Gasteiger partial charge in [-0.05, 0) is 41.9 Å². The molecule has 0 aliphatic carbocycles. The molecular formula is C16H18F2N2. The van der Waals surface area contributed by atoms with Crippen molar-refractivity contribution in [3.8, 4) is 0 Å². The molecule has 106 valence electrons. The molecule has 0 saturated heterocycles. The third-order valence-corrected chi connectivity index (χ3v) is 3.16. The monoisotopic (exact) mass is 276 g/mol. The first-order valence-corrected chi connectivity index (χ1v) is 6.58. The van der Waals surface area contributed by atoms with E-state index in [2.05, 4.69) is 4.90 Å². The van der Waals surface area contributed by atoms with Gasteiger partial charge >= 0.3 is 0 Å². The van der Waals surface area contributed by atoms with Crippen LogP contribution in [0.2, 0.25) is 0 Å². The number of hydrogen-bond donors (Lipinski definition) is 1. The van der Waals surface area contributed by atoms with Crippen molar-refractivity contribution in [2.45, 2.75) is 20.0 Å². The Balaban J connectivity index is 2.06. The molecule has 0 unspecified atom stereocenters. The van der Waals surface area contributed by atoms with Gasteiger partial charge in [0.25, 0.3) is 0 Å². The molecule has 2 aromatic rings. The summed E-state index contributed by atoms with van der Waals surface area (Å²) in [7, 11) is 0. The number of rotatable bonds is 5. The Morgan fingerprint density at radius 3 is 2.00 bits per heavy atom. The van der Waals surface area contributed by atoms with Crippen LogP contribution in [0.4, 0.5) is 14.5 Å². The minimum atomic E-state index is -0.538. The molecule has 0 amide bonds. The van der Waals surface area contributed by atoms with Crippen molar-refractivity contribution in [2.75, 3.05) is 12.3 Å². The van der Waals surface area contributed by atoms with Crippen molar-refractivity contribution < 1.29 is 8.78 Å². The SMILES string of the molecule is CCN(Cc1ccc(N)cc1)Cc1cc(F)cc(F)c1. The number of benzene rings is 2. The van der Waals surface area contributed by atoms with Gasteiger partial charge in [0.15, 0.2) is 0 Å². The molecule has 0 atom stereocenters. The minimum absolute atomic E-state index is 0.509. The maximum Gasteiger partial charge on any atom is 0.126 e. The lowest BCUT2D eigenvalue weighted by atomic mass is 10.1. The fraction of sp³-hybridized carbons (Fsp3) is 0.250. The Kier molecular flexibility index (Phi) is 4.69. The largest absolute Gasteiger partial charge is 0.399 e. The lowest BCUT2D eigenvalue weighted by Crippen LogP contribution is -2.22. The average Bonchev–Trinajstić information content (AvgIpc) is 2.39. The first kappa shape index (κ1) is 14.5. The molecule has 2 aromatic carbocycles. The van der Waals surface area contributed by atoms with Crippen LogP contribution < -0.4 is 5.73 Å². The van der Waals surface area contributed by atoms with Crippen molar-refractivity contribution in [2.24, 2.45) is 0 Å². The Labute approximate surface area is 117 Å². The third-order valence-electron chi connectivity index (χ3n) is 3.16. The van der Waals surface area contributed by atoms with Crippen molar-refractivity contribution in [1.82, 2.24) is 4.90 Å². The number of anilines is 1. The number of nitrogens with zero attached hydrogens (tertiary/aromatic N) is 1. The van der Waals surface area contributed by atoms with E-state index in [-0.39, 0.29) is 0 Å². The van der Waals surface area contributed by atoms with E-state index in [1.54, 1.807) is 0 Å². The molecular weight excluding hydrogens is 258 g/mol. The zero-order valence-corrected chi connectivity index (χ0v) is 11.4. The maximum atomic E-state index is 13.2. The molecule has 0 radical (unpaired) electrons. The van der Waals surface area contributed by atoms with Crippen molar-refractivity contribution in [3.05, 3.63) is 65.2 Å². The van der Waals surface area contributed by atoms with E-state index in [1.807, 2.05) is 31.2 Å². The van der Waals surface area contributed by atoms with E-state index >= 15 is 0 Å². The molecule has 0 fully saturated rings. The van der Waals surface area contributed by atoms with E-state index in [0.29, 0.717) is 12.1 Å². The first-order chi connectivity index (χ1) is 9.56. The van der Waals surface area contributed by atoms with E-state index in [4.69, 9.17) is 5.73 Å². The fourth-order valence-electron chi connectivity index (χ4n) is 2.12. The number of hydrogen-bond acceptors (Lipinski definition) is 2. The highest BCUT2D eigenvalue weighted by Gasteiger charge is 2.07. The summed E-state index contributed by atoms with van der Waals surface area (Å²) in [6.07, 6.45) is 0. The highest BCUT2D eigenvalue weighted by Crippen LogP contribution is 2.14. The summed E-state index contributed by atoms with van der Waals surface area (Å²) in [5.41, 5.74) is 8.14. The minimum Gasteiger partial charge on any atom is -0.399 e. The summed E-state index contributed by atoms with van der Waals surface area (Å²) in [6.45, 7) is 4.04. The van der Waals surface area contributed by atoms with Crippen molar-refractivity contribution in [1.29, 1.82) is 0 Å². The number of nitrogens with two attached hydrogens (primary N) is 1. The van der Waals surface area contributed by atoms with E-state index in [0.717, 1.165) is 30.4 Å². The molecule has 0 aromatic heterocycles. The molecule has 2 N–H and O–H groups in total. The van der Waals surface area contributed by atoms with Crippen LogP contribution in [0, 0.1) is 11.6 Å². The van der Waals surface area contributed by atoms with Crippen LogP contribution >= 0.6 is 0 Å². The van der Waals surface area contributed by atoms with Gasteiger partial charge in [-0.3, -0.25) is 4.90 Å². The normalized spacial score (nSPS) is 11.0. The molecule has 0 heterocycles. The van der Waals surface area contributed by atoms with Gasteiger partial charge in [-0.1, -0.05) is 19.1 Å². The van der Waals surface area contributed by atoms with Crippen LogP contribution in [-0.4, -0.2) is 11.4 Å². The molecule has 2 rings (SSSR count). The van der Waals surface area contributed by atoms with Crippen LogP contribution in [-0.2, 0) is 13.1 Å². The lowest BCUT2D eigenvalue weighted by molar-refractivity contribution is 0.270. The molecule has 0 aliphatic rings. The fourth-order valence-corrected chi connectivity index (χ4v) is 2.12. The second kappa shape index (κ2) is 6.48. The zero-order valence-electron chi connectivity index (χ0n) is 11.4. The van der Waals surface area contributed by atoms with Gasteiger partial charge in [0.2, 0.25) is 0 Å². The van der Waals surface area contributed by atoms with E-state index in [1.165, 1.54) is 12.1 Å². The summed E-state index contributed by atoms with van der Waals surface area (Å²) in [5.74, 6) is -1.08. The van der Waals surface area contributed by atoms with Crippen LogP contribution in [0.1, 0.15) is 18.1 Å². The Morgan fingerprint density at radius 1 is 0.900 bits per heavy atom. The van der Waals surface area contributed by atoms with E-state index in [9.17, 15) is 8.78 Å². The van der Waals surface area contributed by atoms with Gasteiger partial charge < -0.3 is 5.73 Å². The molecule has 0 saturated carbocycles. The highest BCUT2D eigenvalue weighted by atomic mass is 19.1. The van der Waals surface area contributed by atoms with Crippen molar-refractivity contribution >= 4 is 5.69 Å². The maximum absolute atomic E-state index is 13.2. The summed E-state index contributed by atoms with van der Waals surface area (Å²) < 4.78 is 26.4. The molecule has 0 spiro atoms. The highest BCUT2D eigenvalue weighted by molar-refractivity contribution is 5.39. The van der Waals surface area contributed by atoms with Crippen LogP contribution in [0.15, 0.2) is 42.5 Å². The standard InChI is InChI=1S/C16H18F2N2/c1-2-20(10-12-3-5-16(19)6-4-12)11-13-7-14(17)9-15(18)8-13/h3-9H,2,10-11,19H2,1H3. The van der Waals surface area contributed by atoms with Crippen LogP contribution in [0.5, 0.6) is 0 Å². The smallest absolute Gasteiger partial charge is 0.126 e. The molecule has 20 heavy (non-hydrogen) atoms. The number of halogens is 2. The molecule has 0 bridgehead atoms. The van der Waals surface area contributed by atoms with Crippen LogP contribution in [0.3, 0.4) is 0 Å². The Bertz CT molecular complexity index is 547. The second-order valence-corrected chi connectivity index (χ2v) is 4.82. The quantitative estimate of drug-likeness (QED) is 0.846. The Morgan fingerprint density at radius 2 is 1.45 bits per heavy atom. The molecule has 0 aliphatic heterocycles. The number of nitrogen functional groups attached to an aromatic ring is 1. The predicted molar refractivity (Wildman–Crippen MR) is 77.0 cm³/mol. The summed E-state index contributed by atoms with van der Waals surface area (Å²) in [4.78, 5) is 2.11. The summed E-state index contributed by atoms with van der Waals surface area (Å²) >= 11 is 0. The van der Waals surface area contributed by atoms with Crippen molar-refractivity contribution in [3.63, 3.8) is 0 Å². The summed E-state index contributed by atoms with van der Waals surface area (Å²) in [5, 5.41) is 0. The second-order valence-electron chi connectivity index (χ2n) is 4.82. The Hall–Kier alpha value is -1.94. The predicted octanol–water partition coefficient (Wildman–Crippen LogP) is 3.57. The van der Waals surface area contributed by atoms with Gasteiger partial charge in [-0.15, -0.1) is 0 Å². The molecule has 4 heteroatoms. The zero-order chi connectivity index (χ0) is 14.5. The molecule has 2 nitrogen and oxygen atoms in total. The van der Waals surface area contributed by atoms with E-state index < -0.39 is 11.6 Å². The first-order valence-electron chi connectivity index (χ1n) is 6.58. The lowest BCUT2D eigenvalue weighted by Gasteiger charge is -2.20. The van der Waals surface area contributed by atoms with Crippen LogP contribution in [0.25, 0.3) is 0 Å². The third kappa shape index (κ3) is 4.03. The average molecular weight is 276 g/mol. The van der Waals surface area contributed by atoms with Gasteiger partial charge in [-0.2, -0.15) is 0 Å². The van der Waals surface area contributed by atoms with Gasteiger partial charge in [0.1, 0.15) is 11.6 Å². The topological polar surface area (TPSA) is 29.3 Å². The van der Waals surface area contributed by atoms with Gasteiger partial charge in [0.05, 0.1) is 0 Å².